The van der Waals surface area contributed by atoms with Crippen molar-refractivity contribution in [2.24, 2.45) is 0 Å². The highest BCUT2D eigenvalue weighted by atomic mass is 32.2. The van der Waals surface area contributed by atoms with Gasteiger partial charge in [0, 0.05) is 26.1 Å². The predicted molar refractivity (Wildman–Crippen MR) is 90.8 cm³/mol. The smallest absolute Gasteiger partial charge is 0.240 e. The molecule has 1 aromatic rings. The van der Waals surface area contributed by atoms with Gasteiger partial charge in [0.2, 0.25) is 15.9 Å². The number of sulfonamides is 1. The van der Waals surface area contributed by atoms with Gasteiger partial charge in [0.1, 0.15) is 0 Å². The molecule has 0 aromatic heterocycles. The van der Waals surface area contributed by atoms with E-state index in [0.29, 0.717) is 5.92 Å². The molecule has 2 rings (SSSR count). The molecule has 0 unspecified atom stereocenters. The van der Waals surface area contributed by atoms with E-state index in [9.17, 15) is 13.2 Å². The molecular weight excluding hydrogens is 312 g/mol. The van der Waals surface area contributed by atoms with Crippen LogP contribution in [0, 0.1) is 0 Å². The van der Waals surface area contributed by atoms with Gasteiger partial charge in [-0.05, 0) is 42.9 Å². The van der Waals surface area contributed by atoms with E-state index < -0.39 is 10.0 Å². The van der Waals surface area contributed by atoms with Crippen LogP contribution in [0.3, 0.4) is 0 Å². The van der Waals surface area contributed by atoms with E-state index in [1.54, 1.807) is 12.1 Å². The Morgan fingerprint density at radius 1 is 1.13 bits per heavy atom. The summed E-state index contributed by atoms with van der Waals surface area (Å²) in [6.45, 7) is 5.86. The third kappa shape index (κ3) is 5.04. The third-order valence-corrected chi connectivity index (χ3v) is 5.67. The van der Waals surface area contributed by atoms with E-state index in [4.69, 9.17) is 0 Å². The summed E-state index contributed by atoms with van der Waals surface area (Å²) in [4.78, 5) is 14.1. The van der Waals surface area contributed by atoms with Gasteiger partial charge in [0.05, 0.1) is 4.90 Å². The molecule has 0 spiro atoms. The molecule has 0 bridgehead atoms. The summed E-state index contributed by atoms with van der Waals surface area (Å²) in [5.41, 5.74) is 1.10. The van der Waals surface area contributed by atoms with Gasteiger partial charge in [-0.1, -0.05) is 26.0 Å². The van der Waals surface area contributed by atoms with Crippen LogP contribution in [0.2, 0.25) is 0 Å². The second-order valence-corrected chi connectivity index (χ2v) is 8.08. The minimum atomic E-state index is -3.55. The summed E-state index contributed by atoms with van der Waals surface area (Å²) < 4.78 is 27.0. The van der Waals surface area contributed by atoms with Gasteiger partial charge < -0.3 is 4.90 Å². The van der Waals surface area contributed by atoms with Gasteiger partial charge >= 0.3 is 0 Å². The van der Waals surface area contributed by atoms with Crippen LogP contribution < -0.4 is 4.72 Å². The van der Waals surface area contributed by atoms with Crippen molar-refractivity contribution in [2.45, 2.75) is 50.3 Å². The van der Waals surface area contributed by atoms with Crippen molar-refractivity contribution >= 4 is 15.9 Å². The Morgan fingerprint density at radius 3 is 2.30 bits per heavy atom. The maximum Gasteiger partial charge on any atom is 0.240 e. The number of likely N-dealkylation sites (tertiary alicyclic amines) is 1. The van der Waals surface area contributed by atoms with Crippen molar-refractivity contribution < 1.29 is 13.2 Å². The Hall–Kier alpha value is -1.40. The van der Waals surface area contributed by atoms with E-state index >= 15 is 0 Å². The number of rotatable bonds is 6. The average molecular weight is 338 g/mol. The molecule has 1 N–H and O–H groups in total. The van der Waals surface area contributed by atoms with Gasteiger partial charge in [-0.2, -0.15) is 0 Å². The molecule has 5 nitrogen and oxygen atoms in total. The summed E-state index contributed by atoms with van der Waals surface area (Å²) in [6.07, 6.45) is 3.46. The number of nitrogens with one attached hydrogen (secondary N) is 1. The minimum absolute atomic E-state index is 0.0301. The number of piperidine rings is 1. The molecule has 1 aliphatic rings. The lowest BCUT2D eigenvalue weighted by molar-refractivity contribution is -0.131. The van der Waals surface area contributed by atoms with E-state index in [-0.39, 0.29) is 23.8 Å². The van der Waals surface area contributed by atoms with Gasteiger partial charge in [0.25, 0.3) is 0 Å². The second-order valence-electron chi connectivity index (χ2n) is 6.31. The maximum atomic E-state index is 12.2. The molecular formula is C17H26N2O3S. The minimum Gasteiger partial charge on any atom is -0.343 e. The summed E-state index contributed by atoms with van der Waals surface area (Å²) >= 11 is 0. The van der Waals surface area contributed by atoms with Crippen LogP contribution in [0.25, 0.3) is 0 Å². The topological polar surface area (TPSA) is 66.5 Å². The van der Waals surface area contributed by atoms with Crippen molar-refractivity contribution in [3.05, 3.63) is 29.8 Å². The van der Waals surface area contributed by atoms with Crippen LogP contribution in [0.4, 0.5) is 0 Å². The van der Waals surface area contributed by atoms with Crippen LogP contribution in [0.1, 0.15) is 51.0 Å². The van der Waals surface area contributed by atoms with Crippen molar-refractivity contribution in [3.8, 4) is 0 Å². The number of carbonyl (C=O) groups is 1. The molecule has 23 heavy (non-hydrogen) atoms. The van der Waals surface area contributed by atoms with Crippen molar-refractivity contribution in [1.82, 2.24) is 9.62 Å². The van der Waals surface area contributed by atoms with Crippen LogP contribution in [-0.4, -0.2) is 38.9 Å². The highest BCUT2D eigenvalue weighted by Gasteiger charge is 2.18. The van der Waals surface area contributed by atoms with Gasteiger partial charge in [0.15, 0.2) is 0 Å². The van der Waals surface area contributed by atoms with Crippen molar-refractivity contribution in [3.63, 3.8) is 0 Å². The lowest BCUT2D eigenvalue weighted by atomic mass is 10.0. The van der Waals surface area contributed by atoms with E-state index in [2.05, 4.69) is 18.6 Å². The summed E-state index contributed by atoms with van der Waals surface area (Å²) in [5.74, 6) is 0.393. The average Bonchev–Trinajstić information content (AvgIpc) is 2.55. The van der Waals surface area contributed by atoms with Crippen LogP contribution in [0.5, 0.6) is 0 Å². The lowest BCUT2D eigenvalue weighted by Gasteiger charge is -2.26. The number of amides is 1. The maximum absolute atomic E-state index is 12.2. The molecule has 0 aliphatic carbocycles. The molecule has 1 amide bonds. The van der Waals surface area contributed by atoms with Crippen molar-refractivity contribution in [1.29, 1.82) is 0 Å². The van der Waals surface area contributed by atoms with E-state index in [1.165, 1.54) is 6.42 Å². The van der Waals surface area contributed by atoms with Crippen LogP contribution >= 0.6 is 0 Å². The monoisotopic (exact) mass is 338 g/mol. The van der Waals surface area contributed by atoms with Crippen LogP contribution in [0.15, 0.2) is 29.2 Å². The Bertz CT molecular complexity index is 618. The number of carbonyl (C=O) groups excluding carboxylic acids is 1. The Kier molecular flexibility index (Phi) is 6.18. The van der Waals surface area contributed by atoms with Gasteiger partial charge in [-0.15, -0.1) is 0 Å². The fourth-order valence-electron chi connectivity index (χ4n) is 2.71. The van der Waals surface area contributed by atoms with Gasteiger partial charge in [-0.25, -0.2) is 13.1 Å². The molecule has 1 saturated heterocycles. The molecule has 0 atom stereocenters. The normalized spacial score (nSPS) is 15.9. The predicted octanol–water partition coefficient (Wildman–Crippen LogP) is 2.49. The fraction of sp³-hybridized carbons (Fsp3) is 0.588. The molecule has 1 fully saturated rings. The zero-order valence-corrected chi connectivity index (χ0v) is 14.7. The highest BCUT2D eigenvalue weighted by Crippen LogP contribution is 2.17. The quantitative estimate of drug-likeness (QED) is 0.866. The van der Waals surface area contributed by atoms with Crippen molar-refractivity contribution in [2.75, 3.05) is 19.6 Å². The summed E-state index contributed by atoms with van der Waals surface area (Å²) in [7, 11) is -3.55. The molecule has 1 heterocycles. The Labute approximate surface area is 139 Å². The van der Waals surface area contributed by atoms with Crippen LogP contribution in [-0.2, 0) is 14.8 Å². The Morgan fingerprint density at radius 2 is 1.74 bits per heavy atom. The SMILES string of the molecule is CC(C)c1ccc(S(=O)(=O)NCCC(=O)N2CCCCC2)cc1. The standard InChI is InChI=1S/C17H26N2O3S/c1-14(2)15-6-8-16(9-7-15)23(21,22)18-11-10-17(20)19-12-4-3-5-13-19/h6-9,14,18H,3-5,10-13H2,1-2H3. The molecule has 1 aliphatic heterocycles. The number of benzene rings is 1. The zero-order chi connectivity index (χ0) is 16.9. The fourth-order valence-corrected chi connectivity index (χ4v) is 3.74. The summed E-state index contributed by atoms with van der Waals surface area (Å²) in [5, 5.41) is 0. The number of hydrogen-bond donors (Lipinski definition) is 1. The first kappa shape index (κ1) is 17.9. The number of nitrogens with zero attached hydrogens (tertiary/aromatic N) is 1. The number of hydrogen-bond acceptors (Lipinski definition) is 3. The van der Waals surface area contributed by atoms with Gasteiger partial charge in [-0.3, -0.25) is 4.79 Å². The lowest BCUT2D eigenvalue weighted by Crippen LogP contribution is -2.37. The first-order valence-corrected chi connectivity index (χ1v) is 9.76. The van der Waals surface area contributed by atoms with E-state index in [1.807, 2.05) is 17.0 Å². The molecule has 128 valence electrons. The summed E-state index contributed by atoms with van der Waals surface area (Å²) in [6, 6.07) is 6.89. The first-order valence-electron chi connectivity index (χ1n) is 8.27. The molecule has 1 aromatic carbocycles. The molecule has 6 heteroatoms. The van der Waals surface area contributed by atoms with E-state index in [0.717, 1.165) is 31.5 Å². The first-order chi connectivity index (χ1) is 10.9. The largest absolute Gasteiger partial charge is 0.343 e. The third-order valence-electron chi connectivity index (χ3n) is 4.20. The highest BCUT2D eigenvalue weighted by molar-refractivity contribution is 7.89. The molecule has 0 saturated carbocycles. The zero-order valence-electron chi connectivity index (χ0n) is 13.9. The Balaban J connectivity index is 1.87. The molecule has 0 radical (unpaired) electrons. The second kappa shape index (κ2) is 7.93.